The van der Waals surface area contributed by atoms with Gasteiger partial charge in [0.05, 0.1) is 29.1 Å². The highest BCUT2D eigenvalue weighted by molar-refractivity contribution is 7.09. The van der Waals surface area contributed by atoms with Crippen molar-refractivity contribution < 1.29 is 22.8 Å². The molecule has 0 aliphatic carbocycles. The molecular formula is C24H21F3N4O2S. The Hall–Kier alpha value is -3.66. The number of halogens is 3. The summed E-state index contributed by atoms with van der Waals surface area (Å²) >= 11 is 1.37. The van der Waals surface area contributed by atoms with Gasteiger partial charge in [0.15, 0.2) is 5.54 Å². The van der Waals surface area contributed by atoms with Gasteiger partial charge in [-0.25, -0.2) is 4.98 Å². The van der Waals surface area contributed by atoms with E-state index < -0.39 is 29.1 Å². The van der Waals surface area contributed by atoms with E-state index in [0.29, 0.717) is 22.6 Å². The number of carbonyl (C=O) groups is 2. The van der Waals surface area contributed by atoms with Crippen LogP contribution in [0.1, 0.15) is 32.1 Å². The summed E-state index contributed by atoms with van der Waals surface area (Å²) in [6, 6.07) is 9.73. The van der Waals surface area contributed by atoms with Gasteiger partial charge in [0, 0.05) is 10.4 Å². The number of carbonyl (C=O) groups excluding carboxylic acids is 2. The van der Waals surface area contributed by atoms with E-state index in [-0.39, 0.29) is 12.1 Å². The molecular weight excluding hydrogens is 465 g/mol. The fraction of sp³-hybridized carbons (Fsp3) is 0.208. The molecule has 34 heavy (non-hydrogen) atoms. The summed E-state index contributed by atoms with van der Waals surface area (Å²) in [4.78, 5) is 31.2. The SMILES string of the molecule is C=C1NC(=O)C(CNC(=O)c2ccc(C)cc2-c2ccc(C(F)(F)F)cc2)(c2ncsc2C)N1. The maximum Gasteiger partial charge on any atom is 0.416 e. The quantitative estimate of drug-likeness (QED) is 0.503. The summed E-state index contributed by atoms with van der Waals surface area (Å²) in [6.45, 7) is 7.30. The van der Waals surface area contributed by atoms with Crippen molar-refractivity contribution in [1.82, 2.24) is 20.9 Å². The Bertz CT molecular complexity index is 1280. The van der Waals surface area contributed by atoms with Crippen LogP contribution in [0.15, 0.2) is 60.4 Å². The molecule has 1 aliphatic rings. The Balaban J connectivity index is 1.65. The first-order chi connectivity index (χ1) is 16.0. The summed E-state index contributed by atoms with van der Waals surface area (Å²) in [7, 11) is 0. The van der Waals surface area contributed by atoms with Gasteiger partial charge in [-0.15, -0.1) is 11.3 Å². The molecule has 2 aromatic carbocycles. The number of hydrogen-bond donors (Lipinski definition) is 3. The molecule has 3 aromatic rings. The third-order valence-corrected chi connectivity index (χ3v) is 6.38. The maximum atomic E-state index is 13.2. The van der Waals surface area contributed by atoms with Gasteiger partial charge in [0.2, 0.25) is 0 Å². The van der Waals surface area contributed by atoms with Gasteiger partial charge in [-0.2, -0.15) is 13.2 Å². The number of aryl methyl sites for hydroxylation is 2. The van der Waals surface area contributed by atoms with Crippen LogP contribution in [0.3, 0.4) is 0 Å². The van der Waals surface area contributed by atoms with E-state index in [0.717, 1.165) is 22.6 Å². The lowest BCUT2D eigenvalue weighted by molar-refractivity contribution is -0.137. The summed E-state index contributed by atoms with van der Waals surface area (Å²) in [5.41, 5.74) is 2.08. The van der Waals surface area contributed by atoms with Crippen molar-refractivity contribution in [2.75, 3.05) is 6.54 Å². The number of nitrogens with zero attached hydrogens (tertiary/aromatic N) is 1. The van der Waals surface area contributed by atoms with Crippen LogP contribution >= 0.6 is 11.3 Å². The minimum atomic E-state index is -4.45. The highest BCUT2D eigenvalue weighted by Gasteiger charge is 2.48. The van der Waals surface area contributed by atoms with Crippen LogP contribution in [0, 0.1) is 13.8 Å². The Morgan fingerprint density at radius 2 is 1.88 bits per heavy atom. The molecule has 10 heteroatoms. The second-order valence-corrected chi connectivity index (χ2v) is 9.09. The molecule has 3 N–H and O–H groups in total. The molecule has 1 saturated heterocycles. The maximum absolute atomic E-state index is 13.2. The predicted molar refractivity (Wildman–Crippen MR) is 123 cm³/mol. The first kappa shape index (κ1) is 23.5. The molecule has 0 saturated carbocycles. The molecule has 1 unspecified atom stereocenters. The Morgan fingerprint density at radius 3 is 2.44 bits per heavy atom. The normalized spacial score (nSPS) is 17.9. The van der Waals surface area contributed by atoms with Crippen LogP contribution in [0.25, 0.3) is 11.1 Å². The van der Waals surface area contributed by atoms with Gasteiger partial charge in [-0.1, -0.05) is 36.4 Å². The number of benzene rings is 2. The monoisotopic (exact) mass is 486 g/mol. The van der Waals surface area contributed by atoms with Crippen molar-refractivity contribution in [3.05, 3.63) is 87.6 Å². The Kier molecular flexibility index (Phi) is 5.94. The zero-order valence-corrected chi connectivity index (χ0v) is 19.2. The topological polar surface area (TPSA) is 83.1 Å². The van der Waals surface area contributed by atoms with Crippen LogP contribution in [-0.2, 0) is 16.5 Å². The van der Waals surface area contributed by atoms with Crippen molar-refractivity contribution in [3.8, 4) is 11.1 Å². The molecule has 6 nitrogen and oxygen atoms in total. The lowest BCUT2D eigenvalue weighted by Crippen LogP contribution is -2.52. The minimum Gasteiger partial charge on any atom is -0.352 e. The molecule has 0 spiro atoms. The van der Waals surface area contributed by atoms with Crippen LogP contribution in [0.5, 0.6) is 0 Å². The number of thiazole rings is 1. The molecule has 1 fully saturated rings. The van der Waals surface area contributed by atoms with Crippen molar-refractivity contribution in [2.24, 2.45) is 0 Å². The van der Waals surface area contributed by atoms with Crippen molar-refractivity contribution in [2.45, 2.75) is 25.6 Å². The summed E-state index contributed by atoms with van der Waals surface area (Å²) in [5, 5.41) is 8.43. The average Bonchev–Trinajstić information content (AvgIpc) is 3.33. The second kappa shape index (κ2) is 8.60. The average molecular weight is 487 g/mol. The molecule has 176 valence electrons. The van der Waals surface area contributed by atoms with E-state index in [1.54, 1.807) is 23.7 Å². The van der Waals surface area contributed by atoms with Crippen LogP contribution in [0.2, 0.25) is 0 Å². The van der Waals surface area contributed by atoms with Gasteiger partial charge < -0.3 is 16.0 Å². The lowest BCUT2D eigenvalue weighted by atomic mass is 9.93. The zero-order valence-electron chi connectivity index (χ0n) is 18.3. The van der Waals surface area contributed by atoms with E-state index in [2.05, 4.69) is 27.5 Å². The zero-order chi connectivity index (χ0) is 24.7. The van der Waals surface area contributed by atoms with Gasteiger partial charge in [0.1, 0.15) is 0 Å². The first-order valence-corrected chi connectivity index (χ1v) is 11.1. The smallest absolute Gasteiger partial charge is 0.352 e. The molecule has 0 bridgehead atoms. The van der Waals surface area contributed by atoms with E-state index in [4.69, 9.17) is 0 Å². The lowest BCUT2D eigenvalue weighted by Gasteiger charge is -2.26. The first-order valence-electron chi connectivity index (χ1n) is 10.3. The van der Waals surface area contributed by atoms with E-state index in [1.807, 2.05) is 13.8 Å². The number of nitrogens with one attached hydrogen (secondary N) is 3. The second-order valence-electron chi connectivity index (χ2n) is 8.03. The number of hydrogen-bond acceptors (Lipinski definition) is 5. The molecule has 1 aromatic heterocycles. The third kappa shape index (κ3) is 4.28. The summed E-state index contributed by atoms with van der Waals surface area (Å²) < 4.78 is 38.9. The summed E-state index contributed by atoms with van der Waals surface area (Å²) in [5.74, 6) is -0.569. The van der Waals surface area contributed by atoms with Gasteiger partial charge in [0.25, 0.3) is 11.8 Å². The van der Waals surface area contributed by atoms with Gasteiger partial charge in [-0.3, -0.25) is 9.59 Å². The minimum absolute atomic E-state index is 0.110. The Labute approximate surface area is 197 Å². The molecule has 1 aliphatic heterocycles. The Morgan fingerprint density at radius 1 is 1.18 bits per heavy atom. The number of alkyl halides is 3. The molecule has 2 heterocycles. The third-order valence-electron chi connectivity index (χ3n) is 5.62. The van der Waals surface area contributed by atoms with E-state index in [9.17, 15) is 22.8 Å². The number of rotatable bonds is 5. The van der Waals surface area contributed by atoms with Crippen LogP contribution in [0.4, 0.5) is 13.2 Å². The fourth-order valence-electron chi connectivity index (χ4n) is 3.92. The largest absolute Gasteiger partial charge is 0.416 e. The standard InChI is InChI=1S/C24H21F3N4O2S/c1-13-4-9-18(19(10-13)16-5-7-17(8-6-16)24(25,26)27)21(32)28-11-23(20-14(2)34-12-29-20)22(33)30-15(3)31-23/h4-10,12,31H,3,11H2,1-2H3,(H,28,32)(H,30,33). The highest BCUT2D eigenvalue weighted by atomic mass is 32.1. The van der Waals surface area contributed by atoms with Crippen LogP contribution < -0.4 is 16.0 Å². The fourth-order valence-corrected chi connectivity index (χ4v) is 4.58. The molecule has 4 rings (SSSR count). The molecule has 0 radical (unpaired) electrons. The van der Waals surface area contributed by atoms with E-state index in [1.165, 1.54) is 23.5 Å². The number of aromatic nitrogens is 1. The van der Waals surface area contributed by atoms with Gasteiger partial charge in [-0.05, 0) is 43.2 Å². The highest BCUT2D eigenvalue weighted by Crippen LogP contribution is 2.33. The number of amides is 2. The predicted octanol–water partition coefficient (Wildman–Crippen LogP) is 4.26. The van der Waals surface area contributed by atoms with Crippen molar-refractivity contribution in [1.29, 1.82) is 0 Å². The van der Waals surface area contributed by atoms with E-state index >= 15 is 0 Å². The molecule has 2 amide bonds. The van der Waals surface area contributed by atoms with Crippen molar-refractivity contribution in [3.63, 3.8) is 0 Å². The van der Waals surface area contributed by atoms with Gasteiger partial charge >= 0.3 is 6.18 Å². The van der Waals surface area contributed by atoms with Crippen LogP contribution in [-0.4, -0.2) is 23.3 Å². The summed E-state index contributed by atoms with van der Waals surface area (Å²) in [6.07, 6.45) is -4.45. The van der Waals surface area contributed by atoms with Crippen molar-refractivity contribution >= 4 is 23.2 Å². The molecule has 1 atom stereocenters.